The molecule has 1 fully saturated rings. The number of hydrogen-bond acceptors (Lipinski definition) is 3. The van der Waals surface area contributed by atoms with E-state index in [-0.39, 0.29) is 0 Å². The number of nitrogens with one attached hydrogen (secondary N) is 1. The van der Waals surface area contributed by atoms with Crippen molar-refractivity contribution in [3.63, 3.8) is 0 Å². The highest BCUT2D eigenvalue weighted by Crippen LogP contribution is 2.12. The second-order valence-electron chi connectivity index (χ2n) is 4.96. The molecule has 1 heterocycles. The molecule has 1 unspecified atom stereocenters. The molecule has 1 aliphatic rings. The summed E-state index contributed by atoms with van der Waals surface area (Å²) in [7, 11) is 1.71. The van der Waals surface area contributed by atoms with E-state index in [4.69, 9.17) is 4.74 Å². The van der Waals surface area contributed by atoms with Crippen LogP contribution in [-0.2, 0) is 6.42 Å². The van der Waals surface area contributed by atoms with Crippen LogP contribution in [0.2, 0.25) is 0 Å². The van der Waals surface area contributed by atoms with Gasteiger partial charge in [-0.05, 0) is 30.5 Å². The molecule has 0 amide bonds. The molecule has 0 bridgehead atoms. The van der Waals surface area contributed by atoms with E-state index in [2.05, 4.69) is 29.3 Å². The molecule has 0 aliphatic carbocycles. The van der Waals surface area contributed by atoms with Crippen LogP contribution < -0.4 is 10.1 Å². The molecule has 1 aromatic carbocycles. The Balaban J connectivity index is 1.79. The normalized spacial score (nSPS) is 20.9. The average molecular weight is 248 g/mol. The summed E-state index contributed by atoms with van der Waals surface area (Å²) >= 11 is 0. The lowest BCUT2D eigenvalue weighted by Crippen LogP contribution is -2.50. The lowest BCUT2D eigenvalue weighted by molar-refractivity contribution is 0.199. The minimum atomic E-state index is 0.676. The first kappa shape index (κ1) is 13.4. The molecule has 1 N–H and O–H groups in total. The van der Waals surface area contributed by atoms with Gasteiger partial charge in [-0.2, -0.15) is 0 Å². The fourth-order valence-electron chi connectivity index (χ4n) is 2.45. The Morgan fingerprint density at radius 2 is 2.11 bits per heavy atom. The van der Waals surface area contributed by atoms with E-state index in [0.717, 1.165) is 25.3 Å². The van der Waals surface area contributed by atoms with Gasteiger partial charge in [-0.3, -0.25) is 0 Å². The Bertz CT molecular complexity index is 350. The van der Waals surface area contributed by atoms with Crippen LogP contribution in [-0.4, -0.2) is 44.2 Å². The average Bonchev–Trinajstić information content (AvgIpc) is 2.46. The number of nitrogens with zero attached hydrogens (tertiary/aromatic N) is 1. The van der Waals surface area contributed by atoms with Gasteiger partial charge < -0.3 is 15.0 Å². The minimum absolute atomic E-state index is 0.676. The zero-order chi connectivity index (χ0) is 12.8. The first-order valence-electron chi connectivity index (χ1n) is 6.90. The lowest BCUT2D eigenvalue weighted by atomic mass is 10.1. The maximum Gasteiger partial charge on any atom is 0.118 e. The second-order valence-corrected chi connectivity index (χ2v) is 4.96. The molecule has 0 aromatic heterocycles. The monoisotopic (exact) mass is 248 g/mol. The predicted molar refractivity (Wildman–Crippen MR) is 75.2 cm³/mol. The quantitative estimate of drug-likeness (QED) is 0.861. The summed E-state index contributed by atoms with van der Waals surface area (Å²) in [5.41, 5.74) is 1.39. The summed E-state index contributed by atoms with van der Waals surface area (Å²) in [6.07, 6.45) is 2.35. The summed E-state index contributed by atoms with van der Waals surface area (Å²) < 4.78 is 5.17. The number of piperazine rings is 1. The number of methoxy groups -OCH3 is 1. The fraction of sp³-hybridized carbons (Fsp3) is 0.600. The van der Waals surface area contributed by atoms with Gasteiger partial charge in [0.05, 0.1) is 7.11 Å². The Kier molecular flexibility index (Phi) is 5.02. The van der Waals surface area contributed by atoms with Crippen LogP contribution in [0.25, 0.3) is 0 Å². The molecule has 0 radical (unpaired) electrons. The van der Waals surface area contributed by atoms with Crippen molar-refractivity contribution in [1.82, 2.24) is 10.2 Å². The van der Waals surface area contributed by atoms with Crippen LogP contribution in [0.1, 0.15) is 18.9 Å². The van der Waals surface area contributed by atoms with E-state index < -0.39 is 0 Å². The summed E-state index contributed by atoms with van der Waals surface area (Å²) in [6, 6.07) is 9.09. The van der Waals surface area contributed by atoms with E-state index in [9.17, 15) is 0 Å². The van der Waals surface area contributed by atoms with Crippen molar-refractivity contribution in [2.45, 2.75) is 25.8 Å². The van der Waals surface area contributed by atoms with Crippen molar-refractivity contribution >= 4 is 0 Å². The molecule has 1 atom stereocenters. The topological polar surface area (TPSA) is 24.5 Å². The fourth-order valence-corrected chi connectivity index (χ4v) is 2.45. The molecule has 3 nitrogen and oxygen atoms in total. The molecular weight excluding hydrogens is 224 g/mol. The standard InChI is InChI=1S/C15H24N2O/c1-3-14-12-17(11-9-16-14)10-8-13-4-6-15(18-2)7-5-13/h4-7,14,16H,3,8-12H2,1-2H3. The van der Waals surface area contributed by atoms with Crippen molar-refractivity contribution in [2.75, 3.05) is 33.3 Å². The van der Waals surface area contributed by atoms with Crippen molar-refractivity contribution in [3.8, 4) is 5.75 Å². The third kappa shape index (κ3) is 3.72. The maximum atomic E-state index is 5.17. The highest BCUT2D eigenvalue weighted by molar-refractivity contribution is 5.27. The van der Waals surface area contributed by atoms with E-state index in [1.54, 1.807) is 7.11 Å². The van der Waals surface area contributed by atoms with E-state index in [1.165, 1.54) is 25.1 Å². The van der Waals surface area contributed by atoms with Gasteiger partial charge in [0, 0.05) is 32.2 Å². The molecule has 0 saturated carbocycles. The summed E-state index contributed by atoms with van der Waals surface area (Å²) in [5.74, 6) is 0.937. The molecule has 0 spiro atoms. The highest BCUT2D eigenvalue weighted by atomic mass is 16.5. The van der Waals surface area contributed by atoms with Gasteiger partial charge in [0.25, 0.3) is 0 Å². The molecule has 3 heteroatoms. The number of hydrogen-bond donors (Lipinski definition) is 1. The summed E-state index contributed by atoms with van der Waals surface area (Å²) in [4.78, 5) is 2.56. The van der Waals surface area contributed by atoms with Crippen molar-refractivity contribution < 1.29 is 4.74 Å². The van der Waals surface area contributed by atoms with Crippen molar-refractivity contribution in [3.05, 3.63) is 29.8 Å². The second kappa shape index (κ2) is 6.76. The smallest absolute Gasteiger partial charge is 0.118 e. The Hall–Kier alpha value is -1.06. The molecular formula is C15H24N2O. The first-order valence-corrected chi connectivity index (χ1v) is 6.90. The summed E-state index contributed by atoms with van der Waals surface area (Å²) in [6.45, 7) is 6.90. The van der Waals surface area contributed by atoms with Crippen LogP contribution in [0.5, 0.6) is 5.75 Å². The van der Waals surface area contributed by atoms with Gasteiger partial charge >= 0.3 is 0 Å². The number of ether oxygens (including phenoxy) is 1. The minimum Gasteiger partial charge on any atom is -0.497 e. The van der Waals surface area contributed by atoms with Crippen LogP contribution in [0.3, 0.4) is 0 Å². The zero-order valence-corrected chi connectivity index (χ0v) is 11.5. The number of benzene rings is 1. The van der Waals surface area contributed by atoms with Gasteiger partial charge in [0.2, 0.25) is 0 Å². The summed E-state index contributed by atoms with van der Waals surface area (Å²) in [5, 5.41) is 3.55. The SMILES string of the molecule is CCC1CN(CCc2ccc(OC)cc2)CCN1. The van der Waals surface area contributed by atoms with Gasteiger partial charge in [-0.15, -0.1) is 0 Å². The van der Waals surface area contributed by atoms with Gasteiger partial charge in [-0.1, -0.05) is 19.1 Å². The Morgan fingerprint density at radius 3 is 2.78 bits per heavy atom. The van der Waals surface area contributed by atoms with E-state index in [0.29, 0.717) is 6.04 Å². The molecule has 1 aromatic rings. The highest BCUT2D eigenvalue weighted by Gasteiger charge is 2.16. The molecule has 100 valence electrons. The molecule has 1 aliphatic heterocycles. The van der Waals surface area contributed by atoms with Gasteiger partial charge in [-0.25, -0.2) is 0 Å². The molecule has 1 saturated heterocycles. The third-order valence-corrected chi connectivity index (χ3v) is 3.71. The van der Waals surface area contributed by atoms with E-state index in [1.807, 2.05) is 12.1 Å². The van der Waals surface area contributed by atoms with Crippen molar-refractivity contribution in [2.24, 2.45) is 0 Å². The number of rotatable bonds is 5. The Morgan fingerprint density at radius 1 is 1.33 bits per heavy atom. The predicted octanol–water partition coefficient (Wildman–Crippen LogP) is 1.92. The van der Waals surface area contributed by atoms with Crippen LogP contribution in [0.4, 0.5) is 0 Å². The van der Waals surface area contributed by atoms with Gasteiger partial charge in [0.1, 0.15) is 5.75 Å². The molecule has 2 rings (SSSR count). The van der Waals surface area contributed by atoms with Crippen LogP contribution >= 0.6 is 0 Å². The lowest BCUT2D eigenvalue weighted by Gasteiger charge is -2.33. The zero-order valence-electron chi connectivity index (χ0n) is 11.5. The maximum absolute atomic E-state index is 5.17. The largest absolute Gasteiger partial charge is 0.497 e. The molecule has 18 heavy (non-hydrogen) atoms. The first-order chi connectivity index (χ1) is 8.81. The van der Waals surface area contributed by atoms with Gasteiger partial charge in [0.15, 0.2) is 0 Å². The third-order valence-electron chi connectivity index (χ3n) is 3.71. The Labute approximate surface area is 110 Å². The van der Waals surface area contributed by atoms with Crippen LogP contribution in [0.15, 0.2) is 24.3 Å². The van der Waals surface area contributed by atoms with Crippen LogP contribution in [0, 0.1) is 0 Å². The van der Waals surface area contributed by atoms with E-state index >= 15 is 0 Å². The van der Waals surface area contributed by atoms with Crippen molar-refractivity contribution in [1.29, 1.82) is 0 Å².